The van der Waals surface area contributed by atoms with Crippen molar-refractivity contribution in [3.63, 3.8) is 0 Å². The lowest BCUT2D eigenvalue weighted by atomic mass is 10.1. The maximum absolute atomic E-state index is 11.5. The van der Waals surface area contributed by atoms with E-state index in [9.17, 15) is 4.79 Å². The van der Waals surface area contributed by atoms with Crippen LogP contribution in [-0.4, -0.2) is 72.7 Å². The van der Waals surface area contributed by atoms with Gasteiger partial charge >= 0.3 is 0 Å². The van der Waals surface area contributed by atoms with Gasteiger partial charge in [-0.05, 0) is 51.2 Å². The lowest BCUT2D eigenvalue weighted by Crippen LogP contribution is -2.36. The van der Waals surface area contributed by atoms with Crippen LogP contribution in [-0.2, 0) is 4.79 Å². The number of nitrogens with one attached hydrogen (secondary N) is 3. The summed E-state index contributed by atoms with van der Waals surface area (Å²) in [7, 11) is 5.25. The first-order valence-electron chi connectivity index (χ1n) is 10.5. The number of fused-ring (bicyclic) bond motifs is 1. The highest BCUT2D eigenvalue weighted by Gasteiger charge is 2.21. The summed E-state index contributed by atoms with van der Waals surface area (Å²) in [6.45, 7) is 2.00. The minimum absolute atomic E-state index is 0.0920. The summed E-state index contributed by atoms with van der Waals surface area (Å²) in [6, 6.07) is 5.75. The molecular weight excluding hydrogens is 432 g/mol. The number of aromatic amines is 1. The molecule has 9 nitrogen and oxygen atoms in total. The van der Waals surface area contributed by atoms with Crippen LogP contribution >= 0.6 is 11.6 Å². The standard InChI is InChI=1S/C22H27ClN6O3/c1-24-18(30)12-32-16-5-4-13(10-17(16)31-3)21-27-20-19(15(23)11-25-22(20)28-21)26-14-6-8-29(2)9-7-14/h4-5,10-11,14H,6-9,12H2,1-3H3,(H,24,30)(H2,25,26,27,28). The molecule has 1 aliphatic rings. The summed E-state index contributed by atoms with van der Waals surface area (Å²) in [5, 5.41) is 6.64. The number of methoxy groups -OCH3 is 1. The number of rotatable bonds is 7. The van der Waals surface area contributed by atoms with Crippen molar-refractivity contribution >= 4 is 34.4 Å². The maximum Gasteiger partial charge on any atom is 0.257 e. The summed E-state index contributed by atoms with van der Waals surface area (Å²) in [5.41, 5.74) is 2.95. The molecule has 1 aromatic carbocycles. The Kier molecular flexibility index (Phi) is 6.66. The van der Waals surface area contributed by atoms with Crippen molar-refractivity contribution in [1.29, 1.82) is 0 Å². The van der Waals surface area contributed by atoms with Crippen LogP contribution in [0.2, 0.25) is 5.02 Å². The molecule has 1 saturated heterocycles. The molecule has 0 radical (unpaired) electrons. The van der Waals surface area contributed by atoms with E-state index < -0.39 is 0 Å². The number of anilines is 1. The fourth-order valence-electron chi connectivity index (χ4n) is 3.71. The van der Waals surface area contributed by atoms with Crippen molar-refractivity contribution < 1.29 is 14.3 Å². The molecule has 1 amide bonds. The number of hydrogen-bond donors (Lipinski definition) is 3. The normalized spacial score (nSPS) is 15.0. The van der Waals surface area contributed by atoms with E-state index in [1.54, 1.807) is 26.4 Å². The molecule has 32 heavy (non-hydrogen) atoms. The molecule has 0 aliphatic carbocycles. The van der Waals surface area contributed by atoms with Crippen LogP contribution in [0.25, 0.3) is 22.6 Å². The van der Waals surface area contributed by atoms with Crippen LogP contribution in [0.5, 0.6) is 11.5 Å². The van der Waals surface area contributed by atoms with Crippen LogP contribution in [0.3, 0.4) is 0 Å². The lowest BCUT2D eigenvalue weighted by molar-refractivity contribution is -0.122. The van der Waals surface area contributed by atoms with Crippen LogP contribution in [0.1, 0.15) is 12.8 Å². The monoisotopic (exact) mass is 458 g/mol. The number of aromatic nitrogens is 3. The number of halogens is 1. The van der Waals surface area contributed by atoms with Crippen LogP contribution in [0.15, 0.2) is 24.4 Å². The van der Waals surface area contributed by atoms with Crippen molar-refractivity contribution in [2.45, 2.75) is 18.9 Å². The number of nitrogens with zero attached hydrogens (tertiary/aromatic N) is 3. The summed E-state index contributed by atoms with van der Waals surface area (Å²) in [6.07, 6.45) is 3.73. The van der Waals surface area contributed by atoms with E-state index in [0.29, 0.717) is 39.6 Å². The Labute approximate surface area is 191 Å². The zero-order valence-corrected chi connectivity index (χ0v) is 19.1. The Hall–Kier alpha value is -3.04. The summed E-state index contributed by atoms with van der Waals surface area (Å²) >= 11 is 6.49. The minimum atomic E-state index is -0.221. The Bertz CT molecular complexity index is 1110. The predicted molar refractivity (Wildman–Crippen MR) is 125 cm³/mol. The Morgan fingerprint density at radius 2 is 2.09 bits per heavy atom. The van der Waals surface area contributed by atoms with E-state index in [0.717, 1.165) is 37.2 Å². The average Bonchev–Trinajstić information content (AvgIpc) is 3.25. The first-order valence-corrected chi connectivity index (χ1v) is 10.9. The van der Waals surface area contributed by atoms with Crippen LogP contribution < -0.4 is 20.1 Å². The molecule has 170 valence electrons. The number of hydrogen-bond acceptors (Lipinski definition) is 7. The number of ether oxygens (including phenoxy) is 2. The van der Waals surface area contributed by atoms with Crippen molar-refractivity contribution in [3.05, 3.63) is 29.4 Å². The van der Waals surface area contributed by atoms with Gasteiger partial charge in [0.05, 0.1) is 24.0 Å². The third-order valence-electron chi connectivity index (χ3n) is 5.61. The van der Waals surface area contributed by atoms with Gasteiger partial charge in [0, 0.05) is 18.7 Å². The second-order valence-corrected chi connectivity index (χ2v) is 8.22. The largest absolute Gasteiger partial charge is 0.493 e. The number of likely N-dealkylation sites (tertiary alicyclic amines) is 1. The third-order valence-corrected chi connectivity index (χ3v) is 5.90. The number of amides is 1. The van der Waals surface area contributed by atoms with Gasteiger partial charge in [-0.3, -0.25) is 4.79 Å². The topological polar surface area (TPSA) is 104 Å². The lowest BCUT2D eigenvalue weighted by Gasteiger charge is -2.30. The van der Waals surface area contributed by atoms with E-state index in [1.807, 2.05) is 12.1 Å². The van der Waals surface area contributed by atoms with Gasteiger partial charge in [0.15, 0.2) is 23.8 Å². The van der Waals surface area contributed by atoms with Crippen molar-refractivity contribution in [2.24, 2.45) is 0 Å². The molecule has 3 aromatic rings. The van der Waals surface area contributed by atoms with Crippen LogP contribution in [0.4, 0.5) is 5.69 Å². The smallest absolute Gasteiger partial charge is 0.257 e. The quantitative estimate of drug-likeness (QED) is 0.500. The van der Waals surface area contributed by atoms with Crippen LogP contribution in [0, 0.1) is 0 Å². The molecule has 4 rings (SSSR count). The number of carbonyl (C=O) groups excluding carboxylic acids is 1. The molecule has 0 spiro atoms. The zero-order valence-electron chi connectivity index (χ0n) is 18.4. The van der Waals surface area contributed by atoms with Gasteiger partial charge in [-0.1, -0.05) is 11.6 Å². The molecule has 3 heterocycles. The summed E-state index contributed by atoms with van der Waals surface area (Å²) < 4.78 is 11.0. The zero-order chi connectivity index (χ0) is 22.7. The highest BCUT2D eigenvalue weighted by Crippen LogP contribution is 2.35. The molecule has 0 saturated carbocycles. The van der Waals surface area contributed by atoms with E-state index in [2.05, 4.69) is 32.5 Å². The second kappa shape index (κ2) is 9.62. The number of piperidine rings is 1. The van der Waals surface area contributed by atoms with Gasteiger partial charge in [0.25, 0.3) is 5.91 Å². The molecule has 0 unspecified atom stereocenters. The molecule has 2 aromatic heterocycles. The Balaban J connectivity index is 1.61. The minimum Gasteiger partial charge on any atom is -0.493 e. The number of pyridine rings is 1. The average molecular weight is 459 g/mol. The fraction of sp³-hybridized carbons (Fsp3) is 0.409. The Morgan fingerprint density at radius 3 is 2.81 bits per heavy atom. The van der Waals surface area contributed by atoms with Gasteiger partial charge in [-0.2, -0.15) is 0 Å². The molecule has 10 heteroatoms. The van der Waals surface area contributed by atoms with Crippen molar-refractivity contribution in [1.82, 2.24) is 25.2 Å². The number of likely N-dealkylation sites (N-methyl/N-ethyl adjacent to an activating group) is 1. The first-order chi connectivity index (χ1) is 15.5. The van der Waals surface area contributed by atoms with Gasteiger partial charge in [-0.25, -0.2) is 9.97 Å². The molecule has 3 N–H and O–H groups in total. The molecular formula is C22H27ClN6O3. The van der Waals surface area contributed by atoms with E-state index in [4.69, 9.17) is 26.1 Å². The molecule has 1 aliphatic heterocycles. The highest BCUT2D eigenvalue weighted by atomic mass is 35.5. The van der Waals surface area contributed by atoms with Crippen molar-refractivity contribution in [2.75, 3.05) is 46.2 Å². The number of imidazole rings is 1. The number of carbonyl (C=O) groups is 1. The van der Waals surface area contributed by atoms with Crippen molar-refractivity contribution in [3.8, 4) is 22.9 Å². The van der Waals surface area contributed by atoms with Gasteiger partial charge in [0.1, 0.15) is 11.3 Å². The summed E-state index contributed by atoms with van der Waals surface area (Å²) in [5.74, 6) is 1.39. The van der Waals surface area contributed by atoms with Gasteiger partial charge in [0.2, 0.25) is 0 Å². The van der Waals surface area contributed by atoms with E-state index in [-0.39, 0.29) is 12.5 Å². The predicted octanol–water partition coefficient (Wildman–Crippen LogP) is 2.92. The first kappa shape index (κ1) is 22.2. The molecule has 0 bridgehead atoms. The second-order valence-electron chi connectivity index (χ2n) is 7.81. The highest BCUT2D eigenvalue weighted by molar-refractivity contribution is 6.34. The van der Waals surface area contributed by atoms with E-state index >= 15 is 0 Å². The van der Waals surface area contributed by atoms with Gasteiger partial charge in [-0.15, -0.1) is 0 Å². The Morgan fingerprint density at radius 1 is 1.31 bits per heavy atom. The fourth-order valence-corrected chi connectivity index (χ4v) is 3.90. The number of benzene rings is 1. The molecule has 0 atom stereocenters. The molecule has 1 fully saturated rings. The number of H-pyrrole nitrogens is 1. The van der Waals surface area contributed by atoms with E-state index in [1.165, 1.54) is 0 Å². The third kappa shape index (κ3) is 4.73. The summed E-state index contributed by atoms with van der Waals surface area (Å²) in [4.78, 5) is 26.3. The van der Waals surface area contributed by atoms with Gasteiger partial charge < -0.3 is 30.0 Å². The maximum atomic E-state index is 11.5. The SMILES string of the molecule is CNC(=O)COc1ccc(-c2nc3c(NC4CCN(C)CC4)c(Cl)cnc3[nH]2)cc1OC.